The molecule has 0 saturated heterocycles. The van der Waals surface area contributed by atoms with E-state index in [9.17, 15) is 0 Å². The lowest BCUT2D eigenvalue weighted by Crippen LogP contribution is -1.97. The van der Waals surface area contributed by atoms with Crippen molar-refractivity contribution >= 4 is 5.82 Å². The van der Waals surface area contributed by atoms with Crippen molar-refractivity contribution in [1.29, 1.82) is 0 Å². The van der Waals surface area contributed by atoms with E-state index in [0.29, 0.717) is 5.82 Å². The molecule has 0 radical (unpaired) electrons. The molecule has 2 N–H and O–H groups in total. The van der Waals surface area contributed by atoms with Crippen LogP contribution in [0.2, 0.25) is 0 Å². The van der Waals surface area contributed by atoms with Crippen LogP contribution in [0.3, 0.4) is 0 Å². The van der Waals surface area contributed by atoms with Crippen LogP contribution in [0.25, 0.3) is 11.1 Å². The van der Waals surface area contributed by atoms with E-state index >= 15 is 0 Å². The summed E-state index contributed by atoms with van der Waals surface area (Å²) in [4.78, 5) is 4.11. The van der Waals surface area contributed by atoms with Crippen LogP contribution in [0.1, 0.15) is 5.56 Å². The number of methoxy groups -OCH3 is 1. The molecule has 0 amide bonds. The van der Waals surface area contributed by atoms with Gasteiger partial charge in [0.1, 0.15) is 11.6 Å². The summed E-state index contributed by atoms with van der Waals surface area (Å²) in [7, 11) is 1.65. The van der Waals surface area contributed by atoms with Gasteiger partial charge in [0, 0.05) is 17.3 Å². The highest BCUT2D eigenvalue weighted by Crippen LogP contribution is 2.34. The third-order valence-electron chi connectivity index (χ3n) is 2.56. The lowest BCUT2D eigenvalue weighted by atomic mass is 10.0. The van der Waals surface area contributed by atoms with Gasteiger partial charge < -0.3 is 10.5 Å². The maximum atomic E-state index is 5.91. The minimum absolute atomic E-state index is 0.532. The summed E-state index contributed by atoms with van der Waals surface area (Å²) in [6, 6.07) is 9.74. The summed E-state index contributed by atoms with van der Waals surface area (Å²) in [5, 5.41) is 0. The number of para-hydroxylation sites is 1. The number of rotatable bonds is 2. The number of hydrogen-bond acceptors (Lipinski definition) is 3. The molecule has 0 spiro atoms. The van der Waals surface area contributed by atoms with Crippen LogP contribution in [0, 0.1) is 6.92 Å². The van der Waals surface area contributed by atoms with Crippen molar-refractivity contribution in [2.75, 3.05) is 12.8 Å². The van der Waals surface area contributed by atoms with Crippen LogP contribution >= 0.6 is 0 Å². The van der Waals surface area contributed by atoms with E-state index < -0.39 is 0 Å². The van der Waals surface area contributed by atoms with E-state index in [0.717, 1.165) is 22.4 Å². The zero-order chi connectivity index (χ0) is 11.5. The van der Waals surface area contributed by atoms with Crippen molar-refractivity contribution in [3.63, 3.8) is 0 Å². The lowest BCUT2D eigenvalue weighted by Gasteiger charge is -2.12. The zero-order valence-electron chi connectivity index (χ0n) is 9.40. The molecule has 0 aliphatic rings. The Hall–Kier alpha value is -2.03. The van der Waals surface area contributed by atoms with Gasteiger partial charge in [0.05, 0.1) is 7.11 Å². The van der Waals surface area contributed by atoms with Gasteiger partial charge in [-0.1, -0.05) is 18.2 Å². The van der Waals surface area contributed by atoms with Gasteiger partial charge in [0.2, 0.25) is 0 Å². The summed E-state index contributed by atoms with van der Waals surface area (Å²) < 4.78 is 5.33. The standard InChI is InChI=1S/C13H14N2O/c1-9-7-8-15-13(14)12(9)10-5-3-4-6-11(10)16-2/h3-8H,1-2H3,(H2,14,15). The number of anilines is 1. The Morgan fingerprint density at radius 3 is 2.62 bits per heavy atom. The van der Waals surface area contributed by atoms with E-state index in [1.54, 1.807) is 13.3 Å². The minimum Gasteiger partial charge on any atom is -0.496 e. The first-order chi connectivity index (χ1) is 7.74. The third kappa shape index (κ3) is 1.72. The molecule has 82 valence electrons. The van der Waals surface area contributed by atoms with Crippen molar-refractivity contribution < 1.29 is 4.74 Å². The van der Waals surface area contributed by atoms with Crippen LogP contribution in [0.4, 0.5) is 5.82 Å². The van der Waals surface area contributed by atoms with E-state index in [4.69, 9.17) is 10.5 Å². The maximum Gasteiger partial charge on any atom is 0.131 e. The highest BCUT2D eigenvalue weighted by molar-refractivity contribution is 5.80. The Bertz CT molecular complexity index is 489. The molecule has 1 aromatic carbocycles. The van der Waals surface area contributed by atoms with Gasteiger partial charge in [-0.2, -0.15) is 0 Å². The number of benzene rings is 1. The molecule has 2 aromatic rings. The number of nitrogens with zero attached hydrogens (tertiary/aromatic N) is 1. The molecule has 1 heterocycles. The highest BCUT2D eigenvalue weighted by atomic mass is 16.5. The molecule has 0 aliphatic heterocycles. The summed E-state index contributed by atoms with van der Waals surface area (Å²) in [5.41, 5.74) is 8.93. The van der Waals surface area contributed by atoms with Crippen LogP contribution in [0.15, 0.2) is 36.5 Å². The lowest BCUT2D eigenvalue weighted by molar-refractivity contribution is 0.416. The topological polar surface area (TPSA) is 48.1 Å². The van der Waals surface area contributed by atoms with Gasteiger partial charge in [-0.3, -0.25) is 0 Å². The van der Waals surface area contributed by atoms with Gasteiger partial charge >= 0.3 is 0 Å². The van der Waals surface area contributed by atoms with Crippen molar-refractivity contribution in [3.8, 4) is 16.9 Å². The summed E-state index contributed by atoms with van der Waals surface area (Å²) >= 11 is 0. The Morgan fingerprint density at radius 1 is 1.19 bits per heavy atom. The third-order valence-corrected chi connectivity index (χ3v) is 2.56. The second-order valence-corrected chi connectivity index (χ2v) is 3.59. The molecule has 16 heavy (non-hydrogen) atoms. The van der Waals surface area contributed by atoms with Gasteiger partial charge in [-0.05, 0) is 24.6 Å². The average molecular weight is 214 g/mol. The first-order valence-corrected chi connectivity index (χ1v) is 5.08. The van der Waals surface area contributed by atoms with E-state index in [1.165, 1.54) is 0 Å². The molecule has 0 fully saturated rings. The predicted molar refractivity (Wildman–Crippen MR) is 65.4 cm³/mol. The highest BCUT2D eigenvalue weighted by Gasteiger charge is 2.11. The molecule has 0 bridgehead atoms. The van der Waals surface area contributed by atoms with Gasteiger partial charge in [-0.25, -0.2) is 4.98 Å². The molecule has 1 aromatic heterocycles. The minimum atomic E-state index is 0.532. The molecule has 0 saturated carbocycles. The fraction of sp³-hybridized carbons (Fsp3) is 0.154. The second kappa shape index (κ2) is 4.23. The predicted octanol–water partition coefficient (Wildman–Crippen LogP) is 2.65. The second-order valence-electron chi connectivity index (χ2n) is 3.59. The number of aryl methyl sites for hydroxylation is 1. The maximum absolute atomic E-state index is 5.91. The molecule has 3 nitrogen and oxygen atoms in total. The van der Waals surface area contributed by atoms with Crippen molar-refractivity contribution in [2.45, 2.75) is 6.92 Å². The number of ether oxygens (including phenoxy) is 1. The zero-order valence-corrected chi connectivity index (χ0v) is 9.40. The Kier molecular flexibility index (Phi) is 2.77. The van der Waals surface area contributed by atoms with Crippen molar-refractivity contribution in [3.05, 3.63) is 42.1 Å². The molecular formula is C13H14N2O. The fourth-order valence-electron chi connectivity index (χ4n) is 1.78. The Balaban J connectivity index is 2.67. The van der Waals surface area contributed by atoms with Gasteiger partial charge in [0.25, 0.3) is 0 Å². The molecule has 0 aliphatic carbocycles. The number of nitrogen functional groups attached to an aromatic ring is 1. The molecule has 0 atom stereocenters. The SMILES string of the molecule is COc1ccccc1-c1c(C)ccnc1N. The number of hydrogen-bond donors (Lipinski definition) is 1. The number of pyridine rings is 1. The fourth-order valence-corrected chi connectivity index (χ4v) is 1.78. The molecule has 3 heteroatoms. The molecule has 2 rings (SSSR count). The quantitative estimate of drug-likeness (QED) is 0.836. The number of aromatic nitrogens is 1. The molecular weight excluding hydrogens is 200 g/mol. The van der Waals surface area contributed by atoms with Gasteiger partial charge in [-0.15, -0.1) is 0 Å². The van der Waals surface area contributed by atoms with Crippen molar-refractivity contribution in [2.24, 2.45) is 0 Å². The first-order valence-electron chi connectivity index (χ1n) is 5.08. The number of nitrogens with two attached hydrogens (primary N) is 1. The Labute approximate surface area is 94.9 Å². The van der Waals surface area contributed by atoms with Crippen molar-refractivity contribution in [1.82, 2.24) is 4.98 Å². The molecule has 0 unspecified atom stereocenters. The first kappa shape index (κ1) is 10.5. The summed E-state index contributed by atoms with van der Waals surface area (Å²) in [6.07, 6.45) is 1.71. The van der Waals surface area contributed by atoms with Gasteiger partial charge in [0.15, 0.2) is 0 Å². The monoisotopic (exact) mass is 214 g/mol. The van der Waals surface area contributed by atoms with Crippen LogP contribution in [0.5, 0.6) is 5.75 Å². The van der Waals surface area contributed by atoms with E-state index in [2.05, 4.69) is 4.98 Å². The van der Waals surface area contributed by atoms with Crippen LogP contribution < -0.4 is 10.5 Å². The van der Waals surface area contributed by atoms with Crippen LogP contribution in [-0.2, 0) is 0 Å². The summed E-state index contributed by atoms with van der Waals surface area (Å²) in [5.74, 6) is 1.34. The van der Waals surface area contributed by atoms with E-state index in [-0.39, 0.29) is 0 Å². The Morgan fingerprint density at radius 2 is 1.94 bits per heavy atom. The van der Waals surface area contributed by atoms with Crippen LogP contribution in [-0.4, -0.2) is 12.1 Å². The van der Waals surface area contributed by atoms with E-state index in [1.807, 2.05) is 37.3 Å². The largest absolute Gasteiger partial charge is 0.496 e. The smallest absolute Gasteiger partial charge is 0.131 e. The average Bonchev–Trinajstić information content (AvgIpc) is 2.29. The summed E-state index contributed by atoms with van der Waals surface area (Å²) in [6.45, 7) is 2.01. The normalized spacial score (nSPS) is 10.1.